The number of aromatic amines is 1. The predicted octanol–water partition coefficient (Wildman–Crippen LogP) is 3.54. The average Bonchev–Trinajstić information content (AvgIpc) is 3.20. The molecule has 0 bridgehead atoms. The average molecular weight is 435 g/mol. The highest BCUT2D eigenvalue weighted by Crippen LogP contribution is 2.36. The molecular weight excluding hydrogens is 404 g/mol. The molecule has 0 spiro atoms. The first-order valence-corrected chi connectivity index (χ1v) is 10.9. The number of allylic oxidation sites excluding steroid dienone is 1. The van der Waals surface area contributed by atoms with Gasteiger partial charge in [-0.05, 0) is 57.1 Å². The number of benzene rings is 2. The Balaban J connectivity index is 1.51. The van der Waals surface area contributed by atoms with Crippen molar-refractivity contribution in [1.82, 2.24) is 19.8 Å². The number of nitrogens with one attached hydrogen (secondary N) is 1. The van der Waals surface area contributed by atoms with E-state index in [0.717, 1.165) is 43.0 Å². The van der Waals surface area contributed by atoms with Gasteiger partial charge in [-0.1, -0.05) is 12.2 Å². The summed E-state index contributed by atoms with van der Waals surface area (Å²) < 4.78 is 0. The number of aromatic hydroxyl groups is 2. The summed E-state index contributed by atoms with van der Waals surface area (Å²) in [7, 11) is 2.07. The van der Waals surface area contributed by atoms with E-state index >= 15 is 0 Å². The van der Waals surface area contributed by atoms with E-state index in [1.165, 1.54) is 0 Å². The van der Waals surface area contributed by atoms with Crippen LogP contribution in [0.5, 0.6) is 11.5 Å². The summed E-state index contributed by atoms with van der Waals surface area (Å²) in [4.78, 5) is 24.9. The molecule has 1 fully saturated rings. The number of imidazole rings is 1. The molecule has 0 radical (unpaired) electrons. The van der Waals surface area contributed by atoms with Gasteiger partial charge in [0, 0.05) is 49.3 Å². The highest BCUT2D eigenvalue weighted by molar-refractivity contribution is 5.97. The third-order valence-electron chi connectivity index (χ3n) is 6.45. The number of phenolic OH excluding ortho intramolecular Hbond substituents is 2. The van der Waals surface area contributed by atoms with Crippen LogP contribution in [0.4, 0.5) is 0 Å². The molecular formula is C25H30N4O3. The van der Waals surface area contributed by atoms with Gasteiger partial charge in [0.05, 0.1) is 11.0 Å². The number of aromatic nitrogens is 2. The Morgan fingerprint density at radius 2 is 1.75 bits per heavy atom. The lowest BCUT2D eigenvalue weighted by Gasteiger charge is -2.32. The minimum Gasteiger partial charge on any atom is -0.507 e. The van der Waals surface area contributed by atoms with E-state index in [4.69, 9.17) is 0 Å². The number of rotatable bonds is 4. The van der Waals surface area contributed by atoms with E-state index in [1.54, 1.807) is 20.8 Å². The standard InChI is InChI=1S/C25H30N4O3/c1-15-16(2)24(31)19(17(3)23(15)30)6-5-7-22-26-20-9-8-18(14-21(20)27-22)25(32)29-12-10-28(4)11-13-29/h5-6,8-9,14,30-31H,7,10-13H2,1-4H3,(H,26,27)/b6-5+. The lowest BCUT2D eigenvalue weighted by Crippen LogP contribution is -2.47. The molecule has 7 heteroatoms. The van der Waals surface area contributed by atoms with E-state index in [0.29, 0.717) is 34.2 Å². The van der Waals surface area contributed by atoms with Crippen LogP contribution in [0, 0.1) is 20.8 Å². The summed E-state index contributed by atoms with van der Waals surface area (Å²) >= 11 is 0. The Morgan fingerprint density at radius 1 is 1.06 bits per heavy atom. The molecule has 3 N–H and O–H groups in total. The van der Waals surface area contributed by atoms with Crippen LogP contribution < -0.4 is 0 Å². The van der Waals surface area contributed by atoms with Gasteiger partial charge >= 0.3 is 0 Å². The number of carbonyl (C=O) groups excluding carboxylic acids is 1. The Bertz CT molecular complexity index is 1170. The molecule has 1 saturated heterocycles. The first-order valence-electron chi connectivity index (χ1n) is 10.9. The number of phenols is 2. The molecule has 1 aliphatic heterocycles. The normalized spacial score (nSPS) is 15.2. The minimum absolute atomic E-state index is 0.0524. The van der Waals surface area contributed by atoms with Crippen molar-refractivity contribution in [3.05, 3.63) is 57.9 Å². The molecule has 168 valence electrons. The number of hydrogen-bond acceptors (Lipinski definition) is 5. The maximum absolute atomic E-state index is 12.8. The molecule has 2 aromatic carbocycles. The summed E-state index contributed by atoms with van der Waals surface area (Å²) in [5.74, 6) is 1.22. The van der Waals surface area contributed by atoms with Crippen molar-refractivity contribution in [2.45, 2.75) is 27.2 Å². The quantitative estimate of drug-likeness (QED) is 0.546. The summed E-state index contributed by atoms with van der Waals surface area (Å²) in [6, 6.07) is 5.58. The van der Waals surface area contributed by atoms with Crippen LogP contribution >= 0.6 is 0 Å². The molecule has 1 amide bonds. The maximum Gasteiger partial charge on any atom is 0.254 e. The number of amides is 1. The van der Waals surface area contributed by atoms with Crippen molar-refractivity contribution in [2.24, 2.45) is 0 Å². The Morgan fingerprint density at radius 3 is 2.47 bits per heavy atom. The molecule has 2 heterocycles. The smallest absolute Gasteiger partial charge is 0.254 e. The number of carbonyl (C=O) groups is 1. The van der Waals surface area contributed by atoms with Crippen molar-refractivity contribution < 1.29 is 15.0 Å². The number of H-pyrrole nitrogens is 1. The first kappa shape index (κ1) is 21.9. The second-order valence-electron chi connectivity index (χ2n) is 8.60. The van der Waals surface area contributed by atoms with Crippen LogP contribution in [0.15, 0.2) is 24.3 Å². The molecule has 0 atom stereocenters. The number of piperazine rings is 1. The van der Waals surface area contributed by atoms with Gasteiger partial charge in [-0.2, -0.15) is 0 Å². The predicted molar refractivity (Wildman–Crippen MR) is 126 cm³/mol. The Kier molecular flexibility index (Phi) is 5.93. The summed E-state index contributed by atoms with van der Waals surface area (Å²) in [6.07, 6.45) is 4.25. The molecule has 0 aliphatic carbocycles. The van der Waals surface area contributed by atoms with Crippen LogP contribution in [0.1, 0.15) is 38.4 Å². The van der Waals surface area contributed by atoms with Crippen LogP contribution in [-0.2, 0) is 6.42 Å². The SMILES string of the molecule is Cc1c(C)c(O)c(/C=C/Cc2nc3ccc(C(=O)N4CCN(C)CC4)cc3[nH]2)c(C)c1O. The molecule has 1 aliphatic rings. The largest absolute Gasteiger partial charge is 0.507 e. The lowest BCUT2D eigenvalue weighted by atomic mass is 9.97. The third-order valence-corrected chi connectivity index (χ3v) is 6.45. The molecule has 0 saturated carbocycles. The van der Waals surface area contributed by atoms with Crippen molar-refractivity contribution in [3.8, 4) is 11.5 Å². The maximum atomic E-state index is 12.8. The summed E-state index contributed by atoms with van der Waals surface area (Å²) in [5.41, 5.74) is 4.94. The van der Waals surface area contributed by atoms with Crippen molar-refractivity contribution in [3.63, 3.8) is 0 Å². The lowest BCUT2D eigenvalue weighted by molar-refractivity contribution is 0.0664. The molecule has 1 aromatic heterocycles. The van der Waals surface area contributed by atoms with Gasteiger partial charge in [0.15, 0.2) is 0 Å². The summed E-state index contributed by atoms with van der Waals surface area (Å²) in [5, 5.41) is 20.8. The van der Waals surface area contributed by atoms with Crippen LogP contribution in [0.25, 0.3) is 17.1 Å². The monoisotopic (exact) mass is 434 g/mol. The molecule has 32 heavy (non-hydrogen) atoms. The highest BCUT2D eigenvalue weighted by atomic mass is 16.3. The number of likely N-dealkylation sites (N-methyl/N-ethyl adjacent to an activating group) is 1. The van der Waals surface area contributed by atoms with Crippen LogP contribution in [-0.4, -0.2) is 69.1 Å². The zero-order valence-electron chi connectivity index (χ0n) is 19.1. The number of fused-ring (bicyclic) bond motifs is 1. The molecule has 3 aromatic rings. The van der Waals surface area contributed by atoms with Gasteiger partial charge < -0.3 is 25.0 Å². The number of hydrogen-bond donors (Lipinski definition) is 3. The number of nitrogens with zero attached hydrogens (tertiary/aromatic N) is 3. The molecule has 4 rings (SSSR count). The minimum atomic E-state index is 0.0524. The van der Waals surface area contributed by atoms with Gasteiger partial charge in [0.1, 0.15) is 17.3 Å². The third kappa shape index (κ3) is 4.08. The van der Waals surface area contributed by atoms with Gasteiger partial charge in [-0.3, -0.25) is 4.79 Å². The van der Waals surface area contributed by atoms with E-state index in [2.05, 4.69) is 21.9 Å². The zero-order chi connectivity index (χ0) is 23.0. The van der Waals surface area contributed by atoms with Gasteiger partial charge in [-0.25, -0.2) is 4.98 Å². The topological polar surface area (TPSA) is 92.7 Å². The zero-order valence-corrected chi connectivity index (χ0v) is 19.1. The second-order valence-corrected chi connectivity index (χ2v) is 8.60. The van der Waals surface area contributed by atoms with E-state index in [1.807, 2.05) is 35.3 Å². The van der Waals surface area contributed by atoms with Crippen molar-refractivity contribution >= 4 is 23.0 Å². The van der Waals surface area contributed by atoms with Crippen molar-refractivity contribution in [2.75, 3.05) is 33.2 Å². The molecule has 7 nitrogen and oxygen atoms in total. The fourth-order valence-corrected chi connectivity index (χ4v) is 4.12. The highest BCUT2D eigenvalue weighted by Gasteiger charge is 2.21. The van der Waals surface area contributed by atoms with Gasteiger partial charge in [-0.15, -0.1) is 0 Å². The Hall–Kier alpha value is -3.32. The Labute approximate surface area is 188 Å². The fourth-order valence-electron chi connectivity index (χ4n) is 4.12. The second kappa shape index (κ2) is 8.67. The van der Waals surface area contributed by atoms with Gasteiger partial charge in [0.25, 0.3) is 5.91 Å². The fraction of sp³-hybridized carbons (Fsp3) is 0.360. The van der Waals surface area contributed by atoms with Crippen LogP contribution in [0.3, 0.4) is 0 Å². The molecule has 0 unspecified atom stereocenters. The van der Waals surface area contributed by atoms with E-state index in [-0.39, 0.29) is 17.4 Å². The van der Waals surface area contributed by atoms with Crippen LogP contribution in [0.2, 0.25) is 0 Å². The van der Waals surface area contributed by atoms with E-state index in [9.17, 15) is 15.0 Å². The van der Waals surface area contributed by atoms with Gasteiger partial charge in [0.2, 0.25) is 0 Å². The van der Waals surface area contributed by atoms with Crippen molar-refractivity contribution in [1.29, 1.82) is 0 Å². The summed E-state index contributed by atoms with van der Waals surface area (Å²) in [6.45, 7) is 8.65. The first-order chi connectivity index (χ1) is 15.3. The van der Waals surface area contributed by atoms with E-state index < -0.39 is 0 Å².